The standard InChI is InChI=1S/C26H25N5O3/c32-21-17-26(34-22-9-5-4-8-19(21)22)12-14-31(15-13-26)23-11-10-20(27-28-23)25-30-29-24(33-25)16-18-6-2-1-3-7-18/h1-11,21,32H,12-17H2. The SMILES string of the molecule is OC1CC2(CCN(c3ccc(-c4nnc(Cc5ccccc5)o4)nn3)CC2)Oc2ccccc21. The van der Waals surface area contributed by atoms with E-state index < -0.39 is 6.10 Å². The Morgan fingerprint density at radius 3 is 2.47 bits per heavy atom. The van der Waals surface area contributed by atoms with Gasteiger partial charge in [-0.2, -0.15) is 0 Å². The van der Waals surface area contributed by atoms with Crippen LogP contribution in [0.2, 0.25) is 0 Å². The molecule has 0 bridgehead atoms. The number of aromatic nitrogens is 4. The van der Waals surface area contributed by atoms with Gasteiger partial charge in [-0.05, 0) is 23.8 Å². The first-order valence-electron chi connectivity index (χ1n) is 11.6. The van der Waals surface area contributed by atoms with Crippen LogP contribution in [0.4, 0.5) is 5.82 Å². The van der Waals surface area contributed by atoms with Crippen LogP contribution in [0.15, 0.2) is 71.1 Å². The Bertz CT molecular complexity index is 1270. The van der Waals surface area contributed by atoms with E-state index in [2.05, 4.69) is 25.3 Å². The number of piperidine rings is 1. The fourth-order valence-electron chi connectivity index (χ4n) is 4.84. The summed E-state index contributed by atoms with van der Waals surface area (Å²) in [5.74, 6) is 2.51. The van der Waals surface area contributed by atoms with Gasteiger partial charge >= 0.3 is 0 Å². The van der Waals surface area contributed by atoms with Gasteiger partial charge in [-0.15, -0.1) is 20.4 Å². The number of hydrogen-bond donors (Lipinski definition) is 1. The second-order valence-electron chi connectivity index (χ2n) is 8.97. The van der Waals surface area contributed by atoms with Crippen molar-refractivity contribution in [3.05, 3.63) is 83.7 Å². The average Bonchev–Trinajstić information content (AvgIpc) is 3.34. The van der Waals surface area contributed by atoms with Crippen molar-refractivity contribution in [1.82, 2.24) is 20.4 Å². The monoisotopic (exact) mass is 455 g/mol. The number of fused-ring (bicyclic) bond motifs is 1. The Kier molecular flexibility index (Phi) is 5.22. The Morgan fingerprint density at radius 1 is 0.882 bits per heavy atom. The topological polar surface area (TPSA) is 97.4 Å². The number of aliphatic hydroxyl groups excluding tert-OH is 1. The van der Waals surface area contributed by atoms with Gasteiger partial charge in [0.05, 0.1) is 12.5 Å². The predicted octanol–water partition coefficient (Wildman–Crippen LogP) is 3.97. The van der Waals surface area contributed by atoms with E-state index in [9.17, 15) is 5.11 Å². The zero-order chi connectivity index (χ0) is 23.0. The summed E-state index contributed by atoms with van der Waals surface area (Å²) in [7, 11) is 0. The molecule has 2 aliphatic rings. The Morgan fingerprint density at radius 2 is 1.68 bits per heavy atom. The molecule has 2 aliphatic heterocycles. The zero-order valence-corrected chi connectivity index (χ0v) is 18.7. The molecule has 8 nitrogen and oxygen atoms in total. The van der Waals surface area contributed by atoms with Crippen LogP contribution >= 0.6 is 0 Å². The van der Waals surface area contributed by atoms with Crippen molar-refractivity contribution in [1.29, 1.82) is 0 Å². The minimum Gasteiger partial charge on any atom is -0.487 e. The Balaban J connectivity index is 1.11. The maximum absolute atomic E-state index is 10.6. The Hall–Kier alpha value is -3.78. The molecule has 4 aromatic rings. The molecule has 0 aliphatic carbocycles. The smallest absolute Gasteiger partial charge is 0.268 e. The molecule has 1 atom stereocenters. The molecule has 2 aromatic heterocycles. The second kappa shape index (κ2) is 8.53. The van der Waals surface area contributed by atoms with Crippen LogP contribution in [0.25, 0.3) is 11.6 Å². The number of para-hydroxylation sites is 1. The molecule has 1 fully saturated rings. The maximum Gasteiger partial charge on any atom is 0.268 e. The third-order valence-electron chi connectivity index (χ3n) is 6.70. The first kappa shape index (κ1) is 20.8. The molecule has 1 spiro atoms. The number of rotatable bonds is 4. The minimum atomic E-state index is -0.489. The summed E-state index contributed by atoms with van der Waals surface area (Å²) in [4.78, 5) is 2.20. The molecule has 2 aromatic carbocycles. The van der Waals surface area contributed by atoms with Gasteiger partial charge in [0, 0.05) is 37.9 Å². The molecule has 172 valence electrons. The van der Waals surface area contributed by atoms with E-state index in [1.165, 1.54) is 0 Å². The summed E-state index contributed by atoms with van der Waals surface area (Å²) < 4.78 is 12.2. The number of nitrogens with zero attached hydrogens (tertiary/aromatic N) is 5. The fourth-order valence-corrected chi connectivity index (χ4v) is 4.84. The molecule has 1 unspecified atom stereocenters. The molecule has 0 radical (unpaired) electrons. The van der Waals surface area contributed by atoms with Crippen LogP contribution in [0.5, 0.6) is 5.75 Å². The van der Waals surface area contributed by atoms with Gasteiger partial charge in [-0.3, -0.25) is 0 Å². The van der Waals surface area contributed by atoms with Gasteiger partial charge in [0.15, 0.2) is 5.82 Å². The fraction of sp³-hybridized carbons (Fsp3) is 0.308. The molecule has 8 heteroatoms. The molecule has 34 heavy (non-hydrogen) atoms. The van der Waals surface area contributed by atoms with Gasteiger partial charge in [0.2, 0.25) is 5.89 Å². The lowest BCUT2D eigenvalue weighted by Crippen LogP contribution is -2.50. The van der Waals surface area contributed by atoms with Gasteiger partial charge in [-0.25, -0.2) is 0 Å². The van der Waals surface area contributed by atoms with Crippen molar-refractivity contribution < 1.29 is 14.3 Å². The Labute approximate surface area is 197 Å². The summed E-state index contributed by atoms with van der Waals surface area (Å²) in [5.41, 5.74) is 2.21. The number of benzene rings is 2. The highest BCUT2D eigenvalue weighted by molar-refractivity contribution is 5.49. The second-order valence-corrected chi connectivity index (χ2v) is 8.97. The van der Waals surface area contributed by atoms with E-state index in [-0.39, 0.29) is 5.60 Å². The third-order valence-corrected chi connectivity index (χ3v) is 6.70. The number of anilines is 1. The zero-order valence-electron chi connectivity index (χ0n) is 18.7. The highest BCUT2D eigenvalue weighted by atomic mass is 16.5. The molecule has 1 N–H and O–H groups in total. The molecule has 0 amide bonds. The summed E-state index contributed by atoms with van der Waals surface area (Å²) in [6.45, 7) is 1.56. The summed E-state index contributed by atoms with van der Waals surface area (Å²) in [6.07, 6.45) is 2.33. The number of aliphatic hydroxyl groups is 1. The van der Waals surface area contributed by atoms with Gasteiger partial charge in [0.25, 0.3) is 5.89 Å². The largest absolute Gasteiger partial charge is 0.487 e. The van der Waals surface area contributed by atoms with Crippen LogP contribution in [-0.2, 0) is 6.42 Å². The van der Waals surface area contributed by atoms with E-state index in [4.69, 9.17) is 9.15 Å². The lowest BCUT2D eigenvalue weighted by Gasteiger charge is -2.46. The van der Waals surface area contributed by atoms with Crippen LogP contribution < -0.4 is 9.64 Å². The number of hydrogen-bond acceptors (Lipinski definition) is 8. The van der Waals surface area contributed by atoms with E-state index in [0.29, 0.717) is 30.3 Å². The molecule has 4 heterocycles. The lowest BCUT2D eigenvalue weighted by molar-refractivity contribution is -0.0300. The molecule has 0 saturated carbocycles. The number of ether oxygens (including phenoxy) is 1. The van der Waals surface area contributed by atoms with Gasteiger partial charge in [0.1, 0.15) is 17.0 Å². The van der Waals surface area contributed by atoms with E-state index in [0.717, 1.165) is 48.6 Å². The van der Waals surface area contributed by atoms with Crippen molar-refractivity contribution >= 4 is 5.82 Å². The third kappa shape index (κ3) is 4.01. The molecular formula is C26H25N5O3. The quantitative estimate of drug-likeness (QED) is 0.494. The van der Waals surface area contributed by atoms with Gasteiger partial charge < -0.3 is 19.2 Å². The lowest BCUT2D eigenvalue weighted by atomic mass is 9.81. The minimum absolute atomic E-state index is 0.337. The highest BCUT2D eigenvalue weighted by Crippen LogP contribution is 2.44. The summed E-state index contributed by atoms with van der Waals surface area (Å²) in [6, 6.07) is 21.6. The highest BCUT2D eigenvalue weighted by Gasteiger charge is 2.43. The van der Waals surface area contributed by atoms with Crippen LogP contribution in [0.1, 0.15) is 42.4 Å². The van der Waals surface area contributed by atoms with Crippen LogP contribution in [-0.4, -0.2) is 44.2 Å². The van der Waals surface area contributed by atoms with Crippen molar-refractivity contribution in [2.75, 3.05) is 18.0 Å². The van der Waals surface area contributed by atoms with Gasteiger partial charge in [-0.1, -0.05) is 48.5 Å². The van der Waals surface area contributed by atoms with Crippen molar-refractivity contribution in [3.8, 4) is 17.3 Å². The first-order chi connectivity index (χ1) is 16.7. The molecule has 6 rings (SSSR count). The van der Waals surface area contributed by atoms with Crippen molar-refractivity contribution in [2.24, 2.45) is 0 Å². The predicted molar refractivity (Wildman–Crippen MR) is 125 cm³/mol. The first-order valence-corrected chi connectivity index (χ1v) is 11.6. The van der Waals surface area contributed by atoms with Crippen LogP contribution in [0, 0.1) is 0 Å². The molecule has 1 saturated heterocycles. The normalized spacial score (nSPS) is 19.0. The average molecular weight is 456 g/mol. The van der Waals surface area contributed by atoms with Crippen molar-refractivity contribution in [3.63, 3.8) is 0 Å². The maximum atomic E-state index is 10.6. The van der Waals surface area contributed by atoms with E-state index in [1.54, 1.807) is 0 Å². The van der Waals surface area contributed by atoms with Crippen LogP contribution in [0.3, 0.4) is 0 Å². The summed E-state index contributed by atoms with van der Waals surface area (Å²) in [5, 5.41) is 27.7. The van der Waals surface area contributed by atoms with E-state index in [1.807, 2.05) is 66.7 Å². The molecular weight excluding hydrogens is 430 g/mol. The van der Waals surface area contributed by atoms with E-state index >= 15 is 0 Å². The summed E-state index contributed by atoms with van der Waals surface area (Å²) >= 11 is 0. The van der Waals surface area contributed by atoms with Crippen molar-refractivity contribution in [2.45, 2.75) is 37.4 Å².